The van der Waals surface area contributed by atoms with Crippen molar-refractivity contribution in [2.75, 3.05) is 27.0 Å². The van der Waals surface area contributed by atoms with Gasteiger partial charge in [0.05, 0.1) is 14.2 Å². The normalized spacial score (nSPS) is 11.3. The minimum Gasteiger partial charge on any atom is -0.496 e. The van der Waals surface area contributed by atoms with E-state index in [4.69, 9.17) is 15.2 Å². The molecule has 0 aliphatic heterocycles. The fourth-order valence-electron chi connectivity index (χ4n) is 1.57. The number of sulfone groups is 1. The average molecular weight is 259 g/mol. The lowest BCUT2D eigenvalue weighted by Gasteiger charge is -2.13. The maximum absolute atomic E-state index is 11.6. The van der Waals surface area contributed by atoms with E-state index in [1.807, 2.05) is 0 Å². The van der Waals surface area contributed by atoms with Crippen LogP contribution in [0.25, 0.3) is 0 Å². The highest BCUT2D eigenvalue weighted by molar-refractivity contribution is 7.90. The molecule has 0 amide bonds. The molecule has 6 heteroatoms. The number of rotatable bonds is 5. The number of hydrogen-bond acceptors (Lipinski definition) is 5. The van der Waals surface area contributed by atoms with Gasteiger partial charge in [-0.3, -0.25) is 0 Å². The zero-order valence-corrected chi connectivity index (χ0v) is 11.0. The van der Waals surface area contributed by atoms with E-state index in [0.29, 0.717) is 24.5 Å². The quantitative estimate of drug-likeness (QED) is 0.838. The van der Waals surface area contributed by atoms with Gasteiger partial charge in [-0.1, -0.05) is 0 Å². The van der Waals surface area contributed by atoms with Crippen LogP contribution in [0.3, 0.4) is 0 Å². The third-order valence-corrected chi connectivity index (χ3v) is 3.50. The Kier molecular flexibility index (Phi) is 4.36. The van der Waals surface area contributed by atoms with Crippen molar-refractivity contribution >= 4 is 9.84 Å². The molecule has 0 aromatic heterocycles. The number of benzene rings is 1. The monoisotopic (exact) mass is 259 g/mol. The largest absolute Gasteiger partial charge is 0.496 e. The first-order valence-corrected chi connectivity index (χ1v) is 6.98. The van der Waals surface area contributed by atoms with Crippen molar-refractivity contribution in [3.63, 3.8) is 0 Å². The summed E-state index contributed by atoms with van der Waals surface area (Å²) >= 11 is 0. The number of hydrogen-bond donors (Lipinski definition) is 1. The fraction of sp³-hybridized carbons (Fsp3) is 0.455. The van der Waals surface area contributed by atoms with Crippen LogP contribution in [0.2, 0.25) is 0 Å². The third kappa shape index (κ3) is 3.10. The zero-order chi connectivity index (χ0) is 13.1. The summed E-state index contributed by atoms with van der Waals surface area (Å²) in [5.74, 6) is 0.827. The smallest absolute Gasteiger partial charge is 0.179 e. The molecule has 2 N–H and O–H groups in total. The zero-order valence-electron chi connectivity index (χ0n) is 10.2. The Morgan fingerprint density at radius 3 is 2.18 bits per heavy atom. The number of methoxy groups -OCH3 is 2. The van der Waals surface area contributed by atoms with Crippen molar-refractivity contribution in [2.45, 2.75) is 11.3 Å². The Balaban J connectivity index is 3.43. The molecular weight excluding hydrogens is 242 g/mol. The lowest BCUT2D eigenvalue weighted by atomic mass is 10.1. The predicted molar refractivity (Wildman–Crippen MR) is 65.4 cm³/mol. The van der Waals surface area contributed by atoms with Crippen molar-refractivity contribution < 1.29 is 17.9 Å². The highest BCUT2D eigenvalue weighted by atomic mass is 32.2. The molecule has 0 bridgehead atoms. The van der Waals surface area contributed by atoms with Crippen molar-refractivity contribution in [3.05, 3.63) is 17.7 Å². The molecule has 0 heterocycles. The van der Waals surface area contributed by atoms with E-state index in [1.54, 1.807) is 6.07 Å². The van der Waals surface area contributed by atoms with Gasteiger partial charge in [-0.25, -0.2) is 8.42 Å². The second kappa shape index (κ2) is 5.37. The van der Waals surface area contributed by atoms with Crippen LogP contribution in [0.1, 0.15) is 5.56 Å². The Hall–Kier alpha value is -1.27. The summed E-state index contributed by atoms with van der Waals surface area (Å²) in [6.45, 7) is 0.456. The van der Waals surface area contributed by atoms with E-state index in [1.165, 1.54) is 20.3 Å². The molecule has 17 heavy (non-hydrogen) atoms. The molecule has 1 aromatic rings. The number of ether oxygens (including phenoxy) is 2. The molecule has 0 radical (unpaired) electrons. The highest BCUT2D eigenvalue weighted by Crippen LogP contribution is 2.32. The molecule has 0 aliphatic carbocycles. The van der Waals surface area contributed by atoms with Gasteiger partial charge in [0.25, 0.3) is 0 Å². The fourth-order valence-corrected chi connectivity index (χ4v) is 2.40. The second-order valence-electron chi connectivity index (χ2n) is 3.63. The van der Waals surface area contributed by atoms with Crippen molar-refractivity contribution in [1.82, 2.24) is 0 Å². The Labute approximate surface area is 101 Å². The minimum absolute atomic E-state index is 0.123. The molecule has 0 fully saturated rings. The van der Waals surface area contributed by atoms with E-state index >= 15 is 0 Å². The van der Waals surface area contributed by atoms with Crippen LogP contribution >= 0.6 is 0 Å². The molecule has 0 aliphatic rings. The highest BCUT2D eigenvalue weighted by Gasteiger charge is 2.18. The summed E-state index contributed by atoms with van der Waals surface area (Å²) in [6, 6.07) is 3.13. The molecule has 96 valence electrons. The van der Waals surface area contributed by atoms with Crippen LogP contribution in [0.4, 0.5) is 0 Å². The first-order valence-electron chi connectivity index (χ1n) is 5.09. The molecule has 1 rings (SSSR count). The molecule has 1 aromatic carbocycles. The van der Waals surface area contributed by atoms with Gasteiger partial charge < -0.3 is 15.2 Å². The van der Waals surface area contributed by atoms with Gasteiger partial charge in [-0.05, 0) is 24.6 Å². The van der Waals surface area contributed by atoms with E-state index in [0.717, 1.165) is 11.8 Å². The maximum Gasteiger partial charge on any atom is 0.179 e. The van der Waals surface area contributed by atoms with Gasteiger partial charge in [0.1, 0.15) is 16.4 Å². The van der Waals surface area contributed by atoms with Crippen LogP contribution < -0.4 is 15.2 Å². The molecular formula is C11H17NO4S. The summed E-state index contributed by atoms with van der Waals surface area (Å²) in [6.07, 6.45) is 1.73. The Morgan fingerprint density at radius 2 is 1.76 bits per heavy atom. The van der Waals surface area contributed by atoms with Gasteiger partial charge >= 0.3 is 0 Å². The first-order chi connectivity index (χ1) is 7.93. The van der Waals surface area contributed by atoms with Gasteiger partial charge in [0, 0.05) is 12.3 Å². The summed E-state index contributed by atoms with van der Waals surface area (Å²) in [4.78, 5) is 0.123. The van der Waals surface area contributed by atoms with E-state index in [2.05, 4.69) is 0 Å². The molecule has 5 nitrogen and oxygen atoms in total. The maximum atomic E-state index is 11.6. The van der Waals surface area contributed by atoms with E-state index in [9.17, 15) is 8.42 Å². The van der Waals surface area contributed by atoms with E-state index < -0.39 is 9.84 Å². The topological polar surface area (TPSA) is 78.6 Å². The molecule has 0 spiro atoms. The van der Waals surface area contributed by atoms with Crippen LogP contribution in [0.15, 0.2) is 17.0 Å². The lowest BCUT2D eigenvalue weighted by molar-refractivity contribution is 0.389. The summed E-state index contributed by atoms with van der Waals surface area (Å²) in [5.41, 5.74) is 6.32. The van der Waals surface area contributed by atoms with E-state index in [-0.39, 0.29) is 4.90 Å². The molecule has 0 unspecified atom stereocenters. The third-order valence-electron chi connectivity index (χ3n) is 2.38. The molecule has 0 atom stereocenters. The lowest BCUT2D eigenvalue weighted by Crippen LogP contribution is -2.07. The van der Waals surface area contributed by atoms with Gasteiger partial charge in [-0.2, -0.15) is 0 Å². The van der Waals surface area contributed by atoms with Gasteiger partial charge in [0.15, 0.2) is 9.84 Å². The molecule has 0 saturated heterocycles. The van der Waals surface area contributed by atoms with Crippen molar-refractivity contribution in [1.29, 1.82) is 0 Å². The molecule has 0 saturated carbocycles. The van der Waals surface area contributed by atoms with Gasteiger partial charge in [0.2, 0.25) is 0 Å². The van der Waals surface area contributed by atoms with Gasteiger partial charge in [-0.15, -0.1) is 0 Å². The number of nitrogens with two attached hydrogens (primary N) is 1. The standard InChI is InChI=1S/C11H17NO4S/c1-15-9-7-11(17(3,13)14)10(16-2)6-8(9)4-5-12/h6-7H,4-5,12H2,1-3H3. The first kappa shape index (κ1) is 13.8. The van der Waals surface area contributed by atoms with Crippen LogP contribution in [-0.4, -0.2) is 35.4 Å². The van der Waals surface area contributed by atoms with Crippen molar-refractivity contribution in [2.24, 2.45) is 5.73 Å². The predicted octanol–water partition coefficient (Wildman–Crippen LogP) is 0.609. The Morgan fingerprint density at radius 1 is 1.18 bits per heavy atom. The van der Waals surface area contributed by atoms with Crippen LogP contribution in [0, 0.1) is 0 Å². The second-order valence-corrected chi connectivity index (χ2v) is 5.61. The Bertz CT molecular complexity index is 496. The van der Waals surface area contributed by atoms with Crippen LogP contribution in [-0.2, 0) is 16.3 Å². The van der Waals surface area contributed by atoms with Crippen LogP contribution in [0.5, 0.6) is 11.5 Å². The summed E-state index contributed by atoms with van der Waals surface area (Å²) in [5, 5.41) is 0. The summed E-state index contributed by atoms with van der Waals surface area (Å²) in [7, 11) is -0.419. The SMILES string of the molecule is COc1cc(S(C)(=O)=O)c(OC)cc1CCN. The average Bonchev–Trinajstić information content (AvgIpc) is 2.27. The summed E-state index contributed by atoms with van der Waals surface area (Å²) < 4.78 is 33.4. The minimum atomic E-state index is -3.35. The van der Waals surface area contributed by atoms with Crippen molar-refractivity contribution in [3.8, 4) is 11.5 Å².